The maximum absolute atomic E-state index is 12.1. The molecule has 0 aromatic heterocycles. The van der Waals surface area contributed by atoms with Gasteiger partial charge in [0.15, 0.2) is 5.84 Å². The predicted molar refractivity (Wildman–Crippen MR) is 64.6 cm³/mol. The molecule has 2 fully saturated rings. The Kier molecular flexibility index (Phi) is 3.54. The number of rotatable bonds is 6. The summed E-state index contributed by atoms with van der Waals surface area (Å²) in [5, 5.41) is 14.7. The molecule has 4 N–H and O–H groups in total. The first-order valence-corrected chi connectivity index (χ1v) is 6.45. The second-order valence-electron chi connectivity index (χ2n) is 5.19. The normalized spacial score (nSPS) is 22.6. The van der Waals surface area contributed by atoms with Crippen molar-refractivity contribution in [1.29, 1.82) is 0 Å². The summed E-state index contributed by atoms with van der Waals surface area (Å²) in [6.07, 6.45) is 5.46. The summed E-state index contributed by atoms with van der Waals surface area (Å²) in [5.41, 5.74) is 5.53. The van der Waals surface area contributed by atoms with Crippen LogP contribution in [-0.2, 0) is 4.79 Å². The number of amides is 1. The van der Waals surface area contributed by atoms with Crippen LogP contribution in [0.3, 0.4) is 0 Å². The Morgan fingerprint density at radius 1 is 1.41 bits per heavy atom. The molecule has 2 aliphatic rings. The number of hydrogen-bond donors (Lipinski definition) is 3. The van der Waals surface area contributed by atoms with Gasteiger partial charge in [0.2, 0.25) is 5.91 Å². The Hall–Kier alpha value is -1.26. The molecule has 0 spiro atoms. The first-order chi connectivity index (χ1) is 8.17. The monoisotopic (exact) mass is 239 g/mol. The van der Waals surface area contributed by atoms with E-state index in [1.807, 2.05) is 6.92 Å². The highest BCUT2D eigenvalue weighted by molar-refractivity contribution is 6.02. The molecule has 1 atom stereocenters. The van der Waals surface area contributed by atoms with E-state index in [9.17, 15) is 4.79 Å². The van der Waals surface area contributed by atoms with Crippen LogP contribution >= 0.6 is 0 Å². The van der Waals surface area contributed by atoms with E-state index in [4.69, 9.17) is 10.9 Å². The summed E-state index contributed by atoms with van der Waals surface area (Å²) < 4.78 is 0. The highest BCUT2D eigenvalue weighted by atomic mass is 16.4. The van der Waals surface area contributed by atoms with E-state index < -0.39 is 5.92 Å². The van der Waals surface area contributed by atoms with Gasteiger partial charge in [-0.1, -0.05) is 12.1 Å². The largest absolute Gasteiger partial charge is 0.409 e. The predicted octanol–water partition coefficient (Wildman–Crippen LogP) is 1.06. The maximum Gasteiger partial charge on any atom is 0.231 e. The first-order valence-electron chi connectivity index (χ1n) is 6.45. The molecule has 0 aliphatic heterocycles. The van der Waals surface area contributed by atoms with Crippen molar-refractivity contribution in [2.24, 2.45) is 28.6 Å². The van der Waals surface area contributed by atoms with E-state index in [0.717, 1.165) is 0 Å². The molecule has 17 heavy (non-hydrogen) atoms. The Labute approximate surface area is 101 Å². The van der Waals surface area contributed by atoms with Crippen molar-refractivity contribution < 1.29 is 10.0 Å². The van der Waals surface area contributed by atoms with Crippen LogP contribution in [-0.4, -0.2) is 23.0 Å². The number of amidine groups is 1. The minimum atomic E-state index is -0.500. The van der Waals surface area contributed by atoms with Gasteiger partial charge in [-0.15, -0.1) is 0 Å². The van der Waals surface area contributed by atoms with Crippen LogP contribution in [0.4, 0.5) is 0 Å². The summed E-state index contributed by atoms with van der Waals surface area (Å²) in [5.74, 6) is 0.745. The van der Waals surface area contributed by atoms with Crippen LogP contribution in [0.15, 0.2) is 5.16 Å². The smallest absolute Gasteiger partial charge is 0.231 e. The van der Waals surface area contributed by atoms with Gasteiger partial charge in [-0.3, -0.25) is 4.79 Å². The molecular weight excluding hydrogens is 218 g/mol. The molecule has 0 radical (unpaired) electrons. The SMILES string of the molecule is CCC(C(=O)NC(C1CC1)C1CC1)C(N)=NO. The number of nitrogens with zero attached hydrogens (tertiary/aromatic N) is 1. The van der Waals surface area contributed by atoms with Crippen LogP contribution in [0.5, 0.6) is 0 Å². The lowest BCUT2D eigenvalue weighted by molar-refractivity contribution is -0.124. The van der Waals surface area contributed by atoms with Gasteiger partial charge < -0.3 is 16.3 Å². The molecule has 2 aliphatic carbocycles. The Morgan fingerprint density at radius 3 is 2.29 bits per heavy atom. The van der Waals surface area contributed by atoms with E-state index >= 15 is 0 Å². The van der Waals surface area contributed by atoms with E-state index in [1.165, 1.54) is 25.7 Å². The van der Waals surface area contributed by atoms with Gasteiger partial charge in [-0.2, -0.15) is 0 Å². The van der Waals surface area contributed by atoms with Crippen molar-refractivity contribution in [3.05, 3.63) is 0 Å². The molecular formula is C12H21N3O2. The lowest BCUT2D eigenvalue weighted by Gasteiger charge is -2.21. The summed E-state index contributed by atoms with van der Waals surface area (Å²) in [6, 6.07) is 0.322. The average Bonchev–Trinajstić information content (AvgIpc) is 3.18. The van der Waals surface area contributed by atoms with Gasteiger partial charge in [-0.25, -0.2) is 0 Å². The molecule has 2 rings (SSSR count). The Balaban J connectivity index is 1.93. The Bertz CT molecular complexity index is 310. The fraction of sp³-hybridized carbons (Fsp3) is 0.833. The summed E-state index contributed by atoms with van der Waals surface area (Å²) in [4.78, 5) is 12.1. The van der Waals surface area contributed by atoms with Crippen molar-refractivity contribution in [1.82, 2.24) is 5.32 Å². The molecule has 5 heteroatoms. The molecule has 0 aromatic rings. The number of nitrogens with two attached hydrogens (primary N) is 1. The van der Waals surface area contributed by atoms with Crippen molar-refractivity contribution in [3.63, 3.8) is 0 Å². The zero-order valence-electron chi connectivity index (χ0n) is 10.2. The maximum atomic E-state index is 12.1. The van der Waals surface area contributed by atoms with Gasteiger partial charge in [0.25, 0.3) is 0 Å². The van der Waals surface area contributed by atoms with Crippen LogP contribution in [0.25, 0.3) is 0 Å². The highest BCUT2D eigenvalue weighted by Gasteiger charge is 2.42. The lowest BCUT2D eigenvalue weighted by Crippen LogP contribution is -2.45. The molecule has 1 unspecified atom stereocenters. The topological polar surface area (TPSA) is 87.7 Å². The summed E-state index contributed by atoms with van der Waals surface area (Å²) in [7, 11) is 0. The van der Waals surface area contributed by atoms with Gasteiger partial charge in [0.05, 0.1) is 5.92 Å². The van der Waals surface area contributed by atoms with Crippen molar-refractivity contribution >= 4 is 11.7 Å². The molecule has 96 valence electrons. The molecule has 0 heterocycles. The van der Waals surface area contributed by atoms with E-state index in [2.05, 4.69) is 10.5 Å². The Morgan fingerprint density at radius 2 is 1.94 bits per heavy atom. The quantitative estimate of drug-likeness (QED) is 0.280. The highest BCUT2D eigenvalue weighted by Crippen LogP contribution is 2.44. The fourth-order valence-electron chi connectivity index (χ4n) is 2.39. The first kappa shape index (κ1) is 12.2. The molecule has 5 nitrogen and oxygen atoms in total. The van der Waals surface area contributed by atoms with E-state index in [0.29, 0.717) is 24.3 Å². The zero-order valence-corrected chi connectivity index (χ0v) is 10.2. The van der Waals surface area contributed by atoms with Crippen molar-refractivity contribution in [2.75, 3.05) is 0 Å². The van der Waals surface area contributed by atoms with Gasteiger partial charge in [0, 0.05) is 6.04 Å². The third-order valence-electron chi connectivity index (χ3n) is 3.77. The van der Waals surface area contributed by atoms with Crippen molar-refractivity contribution in [2.45, 2.75) is 45.1 Å². The third kappa shape index (κ3) is 2.90. The minimum absolute atomic E-state index is 0.00958. The van der Waals surface area contributed by atoms with Gasteiger partial charge >= 0.3 is 0 Å². The number of hydrogen-bond acceptors (Lipinski definition) is 3. The molecule has 1 amide bonds. The number of oxime groups is 1. The van der Waals surface area contributed by atoms with Crippen LogP contribution in [0, 0.1) is 17.8 Å². The van der Waals surface area contributed by atoms with E-state index in [1.54, 1.807) is 0 Å². The lowest BCUT2D eigenvalue weighted by atomic mass is 10.0. The average molecular weight is 239 g/mol. The van der Waals surface area contributed by atoms with Crippen LogP contribution in [0.2, 0.25) is 0 Å². The fourth-order valence-corrected chi connectivity index (χ4v) is 2.39. The number of carbonyl (C=O) groups excluding carboxylic acids is 1. The zero-order chi connectivity index (χ0) is 12.4. The molecule has 0 aromatic carbocycles. The van der Waals surface area contributed by atoms with E-state index in [-0.39, 0.29) is 11.7 Å². The minimum Gasteiger partial charge on any atom is -0.409 e. The molecule has 0 bridgehead atoms. The second kappa shape index (κ2) is 4.94. The third-order valence-corrected chi connectivity index (χ3v) is 3.77. The second-order valence-corrected chi connectivity index (χ2v) is 5.19. The van der Waals surface area contributed by atoms with Crippen LogP contribution in [0.1, 0.15) is 39.0 Å². The standard InChI is InChI=1S/C12H21N3O2/c1-2-9(11(13)15-17)12(16)14-10(7-3-4-7)8-5-6-8/h7-10,17H,2-6H2,1H3,(H2,13,15)(H,14,16). The molecule has 2 saturated carbocycles. The summed E-state index contributed by atoms with van der Waals surface area (Å²) in [6.45, 7) is 1.87. The summed E-state index contributed by atoms with van der Waals surface area (Å²) >= 11 is 0. The number of nitrogens with one attached hydrogen (secondary N) is 1. The van der Waals surface area contributed by atoms with Crippen LogP contribution < -0.4 is 11.1 Å². The van der Waals surface area contributed by atoms with Crippen molar-refractivity contribution in [3.8, 4) is 0 Å². The van der Waals surface area contributed by atoms with Gasteiger partial charge in [0.1, 0.15) is 0 Å². The molecule has 0 saturated heterocycles. The number of carbonyl (C=O) groups is 1. The van der Waals surface area contributed by atoms with Gasteiger partial charge in [-0.05, 0) is 43.9 Å².